The lowest BCUT2D eigenvalue weighted by Gasteiger charge is -2.17. The maximum Gasteiger partial charge on any atom is 0.310 e. The second-order valence-electron chi connectivity index (χ2n) is 3.64. The number of amides is 1. The van der Waals surface area contributed by atoms with Crippen LogP contribution < -0.4 is 11.1 Å². The normalized spacial score (nSPS) is 25.4. The molecule has 4 N–H and O–H groups in total. The molecule has 0 saturated heterocycles. The van der Waals surface area contributed by atoms with Gasteiger partial charge in [-0.05, 0) is 6.42 Å². The lowest BCUT2D eigenvalue weighted by molar-refractivity contribution is -0.140. The van der Waals surface area contributed by atoms with Gasteiger partial charge in [0, 0.05) is 19.7 Å². The Balaban J connectivity index is 2.43. The fraction of sp³-hybridized carbons (Fsp3) is 0.600. The molecule has 0 aromatic carbocycles. The van der Waals surface area contributed by atoms with E-state index < -0.39 is 18.0 Å². The van der Waals surface area contributed by atoms with Gasteiger partial charge in [0.05, 0.1) is 5.92 Å². The van der Waals surface area contributed by atoms with Crippen LogP contribution in [0.5, 0.6) is 0 Å². The molecule has 3 unspecified atom stereocenters. The van der Waals surface area contributed by atoms with Crippen molar-refractivity contribution in [1.82, 2.24) is 5.32 Å². The van der Waals surface area contributed by atoms with E-state index >= 15 is 0 Å². The van der Waals surface area contributed by atoms with E-state index in [1.165, 1.54) is 7.11 Å². The Hall–Kier alpha value is -1.40. The number of hydrogen-bond donors (Lipinski definition) is 3. The number of carbonyl (C=O) groups excluding carboxylic acids is 1. The van der Waals surface area contributed by atoms with Crippen molar-refractivity contribution in [2.24, 2.45) is 11.7 Å². The molecular formula is C10H16N2O4. The Morgan fingerprint density at radius 3 is 2.75 bits per heavy atom. The third-order valence-corrected chi connectivity index (χ3v) is 2.52. The zero-order chi connectivity index (χ0) is 12.1. The number of carbonyl (C=O) groups is 2. The number of nitrogens with one attached hydrogen (secondary N) is 1. The molecule has 1 aliphatic carbocycles. The van der Waals surface area contributed by atoms with Crippen LogP contribution in [0.25, 0.3) is 0 Å². The van der Waals surface area contributed by atoms with E-state index in [1.807, 2.05) is 0 Å². The van der Waals surface area contributed by atoms with Crippen molar-refractivity contribution in [1.29, 1.82) is 0 Å². The SMILES string of the molecule is COC(CN)C(=O)NC1C=CC(C(=O)O)C1. The van der Waals surface area contributed by atoms with E-state index in [1.54, 1.807) is 12.2 Å². The molecule has 0 aliphatic heterocycles. The summed E-state index contributed by atoms with van der Waals surface area (Å²) < 4.78 is 4.87. The van der Waals surface area contributed by atoms with E-state index in [-0.39, 0.29) is 18.5 Å². The predicted molar refractivity (Wildman–Crippen MR) is 56.7 cm³/mol. The number of carboxylic acid groups (broad SMARTS) is 1. The summed E-state index contributed by atoms with van der Waals surface area (Å²) in [6.07, 6.45) is 2.96. The molecule has 0 radical (unpaired) electrons. The largest absolute Gasteiger partial charge is 0.481 e. The second-order valence-corrected chi connectivity index (χ2v) is 3.64. The molecule has 1 rings (SSSR count). The van der Waals surface area contributed by atoms with E-state index in [4.69, 9.17) is 15.6 Å². The van der Waals surface area contributed by atoms with E-state index in [2.05, 4.69) is 5.32 Å². The van der Waals surface area contributed by atoms with Gasteiger partial charge in [-0.15, -0.1) is 0 Å². The molecule has 90 valence electrons. The quantitative estimate of drug-likeness (QED) is 0.530. The molecule has 1 amide bonds. The highest BCUT2D eigenvalue weighted by atomic mass is 16.5. The average molecular weight is 228 g/mol. The number of methoxy groups -OCH3 is 1. The fourth-order valence-corrected chi connectivity index (χ4v) is 1.58. The summed E-state index contributed by atoms with van der Waals surface area (Å²) in [7, 11) is 1.40. The Labute approximate surface area is 93.4 Å². The highest BCUT2D eigenvalue weighted by molar-refractivity contribution is 5.82. The minimum atomic E-state index is -0.880. The number of ether oxygens (including phenoxy) is 1. The Kier molecular flexibility index (Phi) is 4.45. The topological polar surface area (TPSA) is 102 Å². The minimum absolute atomic E-state index is 0.0983. The summed E-state index contributed by atoms with van der Waals surface area (Å²) in [5.41, 5.74) is 5.34. The molecular weight excluding hydrogens is 212 g/mol. The number of hydrogen-bond acceptors (Lipinski definition) is 4. The molecule has 0 fully saturated rings. The highest BCUT2D eigenvalue weighted by Gasteiger charge is 2.27. The van der Waals surface area contributed by atoms with Crippen LogP contribution in [0.15, 0.2) is 12.2 Å². The Morgan fingerprint density at radius 2 is 2.31 bits per heavy atom. The first-order chi connectivity index (χ1) is 7.58. The van der Waals surface area contributed by atoms with Crippen molar-refractivity contribution >= 4 is 11.9 Å². The first kappa shape index (κ1) is 12.7. The van der Waals surface area contributed by atoms with Crippen LogP contribution >= 0.6 is 0 Å². The van der Waals surface area contributed by atoms with Gasteiger partial charge in [0.1, 0.15) is 6.10 Å². The third-order valence-electron chi connectivity index (χ3n) is 2.52. The van der Waals surface area contributed by atoms with Crippen LogP contribution in [0.4, 0.5) is 0 Å². The summed E-state index contributed by atoms with van der Waals surface area (Å²) in [4.78, 5) is 22.2. The van der Waals surface area contributed by atoms with Crippen LogP contribution in [0.1, 0.15) is 6.42 Å². The van der Waals surface area contributed by atoms with Crippen LogP contribution in [0, 0.1) is 5.92 Å². The molecule has 6 nitrogen and oxygen atoms in total. The minimum Gasteiger partial charge on any atom is -0.481 e. The van der Waals surface area contributed by atoms with Gasteiger partial charge in [0.25, 0.3) is 5.91 Å². The van der Waals surface area contributed by atoms with Gasteiger partial charge in [-0.1, -0.05) is 12.2 Å². The van der Waals surface area contributed by atoms with Gasteiger partial charge < -0.3 is 20.9 Å². The molecule has 0 heterocycles. The van der Waals surface area contributed by atoms with Crippen molar-refractivity contribution in [3.8, 4) is 0 Å². The molecule has 0 aromatic heterocycles. The van der Waals surface area contributed by atoms with Crippen LogP contribution in [-0.4, -0.2) is 42.8 Å². The maximum atomic E-state index is 11.5. The van der Waals surface area contributed by atoms with Crippen molar-refractivity contribution < 1.29 is 19.4 Å². The van der Waals surface area contributed by atoms with E-state index in [0.717, 1.165) is 0 Å². The van der Waals surface area contributed by atoms with Gasteiger partial charge in [-0.2, -0.15) is 0 Å². The van der Waals surface area contributed by atoms with E-state index in [9.17, 15) is 9.59 Å². The zero-order valence-electron chi connectivity index (χ0n) is 9.05. The van der Waals surface area contributed by atoms with Crippen molar-refractivity contribution in [2.75, 3.05) is 13.7 Å². The number of aliphatic carboxylic acids is 1. The molecule has 3 atom stereocenters. The van der Waals surface area contributed by atoms with Crippen LogP contribution in [0.3, 0.4) is 0 Å². The summed E-state index contributed by atoms with van der Waals surface area (Å²) in [5, 5.41) is 11.4. The molecule has 0 saturated carbocycles. The molecule has 0 bridgehead atoms. The fourth-order valence-electron chi connectivity index (χ4n) is 1.58. The first-order valence-electron chi connectivity index (χ1n) is 5.02. The summed E-state index contributed by atoms with van der Waals surface area (Å²) in [5.74, 6) is -1.72. The Morgan fingerprint density at radius 1 is 1.62 bits per heavy atom. The smallest absolute Gasteiger partial charge is 0.310 e. The predicted octanol–water partition coefficient (Wildman–Crippen LogP) is -0.894. The summed E-state index contributed by atoms with van der Waals surface area (Å²) in [6, 6.07) is -0.252. The van der Waals surface area contributed by atoms with E-state index in [0.29, 0.717) is 6.42 Å². The number of rotatable bonds is 5. The molecule has 6 heteroatoms. The van der Waals surface area contributed by atoms with Gasteiger partial charge in [0.2, 0.25) is 0 Å². The average Bonchev–Trinajstić information content (AvgIpc) is 2.68. The summed E-state index contributed by atoms with van der Waals surface area (Å²) in [6.45, 7) is 0.0983. The van der Waals surface area contributed by atoms with Crippen molar-refractivity contribution in [3.63, 3.8) is 0 Å². The summed E-state index contributed by atoms with van der Waals surface area (Å²) >= 11 is 0. The van der Waals surface area contributed by atoms with Crippen LogP contribution in [0.2, 0.25) is 0 Å². The standard InChI is InChI=1S/C10H16N2O4/c1-16-8(5-11)9(13)12-7-3-2-6(4-7)10(14)15/h2-3,6-8H,4-5,11H2,1H3,(H,12,13)(H,14,15). The van der Waals surface area contributed by atoms with Gasteiger partial charge in [-0.25, -0.2) is 0 Å². The van der Waals surface area contributed by atoms with Gasteiger partial charge in [0.15, 0.2) is 0 Å². The number of nitrogens with two attached hydrogens (primary N) is 1. The lowest BCUT2D eigenvalue weighted by atomic mass is 10.1. The van der Waals surface area contributed by atoms with Crippen molar-refractivity contribution in [3.05, 3.63) is 12.2 Å². The molecule has 0 spiro atoms. The molecule has 0 aromatic rings. The molecule has 16 heavy (non-hydrogen) atoms. The van der Waals surface area contributed by atoms with Gasteiger partial charge in [-0.3, -0.25) is 9.59 Å². The Bertz CT molecular complexity index is 299. The third kappa shape index (κ3) is 3.04. The zero-order valence-corrected chi connectivity index (χ0v) is 9.05. The van der Waals surface area contributed by atoms with Crippen LogP contribution in [-0.2, 0) is 14.3 Å². The maximum absolute atomic E-state index is 11.5. The number of carboxylic acids is 1. The highest BCUT2D eigenvalue weighted by Crippen LogP contribution is 2.17. The molecule has 1 aliphatic rings. The monoisotopic (exact) mass is 228 g/mol. The second kappa shape index (κ2) is 5.62. The van der Waals surface area contributed by atoms with Gasteiger partial charge >= 0.3 is 5.97 Å². The first-order valence-corrected chi connectivity index (χ1v) is 5.02. The van der Waals surface area contributed by atoms with Crippen molar-refractivity contribution in [2.45, 2.75) is 18.6 Å². The lowest BCUT2D eigenvalue weighted by Crippen LogP contribution is -2.44.